The molecule has 3 aromatic carbocycles. The number of hydrogen-bond acceptors (Lipinski definition) is 7. The van der Waals surface area contributed by atoms with Crippen LogP contribution in [0.1, 0.15) is 0 Å². The maximum absolute atomic E-state index is 16.6. The van der Waals surface area contributed by atoms with Crippen molar-refractivity contribution in [1.82, 2.24) is 19.8 Å². The monoisotopic (exact) mass is 562 g/mol. The minimum Gasteiger partial charge on any atom is -0.508 e. The van der Waals surface area contributed by atoms with E-state index < -0.39 is 11.9 Å². The molecule has 0 radical (unpaired) electrons. The molecule has 40 heavy (non-hydrogen) atoms. The lowest BCUT2D eigenvalue weighted by Crippen LogP contribution is -2.73. The summed E-state index contributed by atoms with van der Waals surface area (Å²) in [5, 5.41) is 22.0. The summed E-state index contributed by atoms with van der Waals surface area (Å²) >= 11 is 6.79. The molecule has 2 N–H and O–H groups in total. The van der Waals surface area contributed by atoms with Crippen LogP contribution in [0.15, 0.2) is 42.5 Å². The van der Waals surface area contributed by atoms with Gasteiger partial charge in [0.15, 0.2) is 5.82 Å². The highest BCUT2D eigenvalue weighted by Crippen LogP contribution is 2.46. The number of hydrogen-bond donors (Lipinski definition) is 2. The normalized spacial score (nSPS) is 18.4. The molecule has 206 valence electrons. The van der Waals surface area contributed by atoms with Gasteiger partial charge in [0.05, 0.1) is 5.02 Å². The number of nitrogens with zero attached hydrogens (tertiary/aromatic N) is 6. The molecule has 0 aliphatic carbocycles. The summed E-state index contributed by atoms with van der Waals surface area (Å²) < 4.78 is 16.6. The first kappa shape index (κ1) is 25.1. The number of carboxylic acid groups (broad SMARTS) is 1. The molecule has 9 nitrogen and oxygen atoms in total. The molecule has 3 aliphatic heterocycles. The van der Waals surface area contributed by atoms with E-state index in [1.165, 1.54) is 11.0 Å². The summed E-state index contributed by atoms with van der Waals surface area (Å²) in [6, 6.07) is 12.7. The predicted octanol–water partition coefficient (Wildman–Crippen LogP) is 4.50. The number of aromatic hydroxyl groups is 1. The topological polar surface area (TPSA) is 96.3 Å². The first-order valence-corrected chi connectivity index (χ1v) is 13.6. The molecule has 1 aromatic heterocycles. The Kier molecular flexibility index (Phi) is 5.53. The third-order valence-electron chi connectivity index (χ3n) is 8.52. The Labute approximate surface area is 235 Å². The van der Waals surface area contributed by atoms with Gasteiger partial charge in [-0.05, 0) is 48.6 Å². The number of anilines is 2. The summed E-state index contributed by atoms with van der Waals surface area (Å²) in [5.74, 6) is 0.505. The van der Waals surface area contributed by atoms with Gasteiger partial charge >= 0.3 is 6.09 Å². The van der Waals surface area contributed by atoms with Gasteiger partial charge in [-0.2, -0.15) is 4.98 Å². The number of benzene rings is 3. The molecule has 4 heterocycles. The fourth-order valence-electron chi connectivity index (χ4n) is 6.26. The lowest BCUT2D eigenvalue weighted by Gasteiger charge is -2.59. The zero-order valence-electron chi connectivity index (χ0n) is 22.1. The van der Waals surface area contributed by atoms with Gasteiger partial charge in [0.1, 0.15) is 17.1 Å². The number of likely N-dealkylation sites (tertiary alicyclic amines) is 1. The molecule has 3 saturated heterocycles. The Balaban J connectivity index is 1.35. The summed E-state index contributed by atoms with van der Waals surface area (Å²) in [5.41, 5.74) is 0.736. The number of likely N-dealkylation sites (N-methyl/N-ethyl adjacent to an activating group) is 1. The second kappa shape index (κ2) is 8.81. The van der Waals surface area contributed by atoms with Crippen molar-refractivity contribution in [1.29, 1.82) is 0 Å². The molecule has 0 bridgehead atoms. The number of amides is 1. The van der Waals surface area contributed by atoms with E-state index >= 15 is 4.39 Å². The average Bonchev–Trinajstić information content (AvgIpc) is 2.81. The van der Waals surface area contributed by atoms with E-state index in [0.717, 1.165) is 23.9 Å². The minimum absolute atomic E-state index is 0.0189. The lowest BCUT2D eigenvalue weighted by molar-refractivity contribution is -0.00962. The zero-order valence-corrected chi connectivity index (χ0v) is 22.9. The van der Waals surface area contributed by atoms with Crippen LogP contribution in [0.25, 0.3) is 32.8 Å². The van der Waals surface area contributed by atoms with Crippen molar-refractivity contribution < 1.29 is 19.4 Å². The van der Waals surface area contributed by atoms with Crippen LogP contribution < -0.4 is 9.80 Å². The number of phenols is 1. The van der Waals surface area contributed by atoms with Gasteiger partial charge in [0, 0.05) is 61.7 Å². The highest BCUT2D eigenvalue weighted by atomic mass is 35.5. The van der Waals surface area contributed by atoms with Crippen LogP contribution in [-0.4, -0.2) is 95.5 Å². The van der Waals surface area contributed by atoms with Crippen LogP contribution in [-0.2, 0) is 0 Å². The van der Waals surface area contributed by atoms with Crippen molar-refractivity contribution in [3.05, 3.63) is 53.3 Å². The molecule has 4 aromatic rings. The average molecular weight is 563 g/mol. The van der Waals surface area contributed by atoms with Gasteiger partial charge in [0.2, 0.25) is 5.95 Å². The van der Waals surface area contributed by atoms with Gasteiger partial charge in [-0.3, -0.25) is 0 Å². The smallest absolute Gasteiger partial charge is 0.407 e. The van der Waals surface area contributed by atoms with Gasteiger partial charge in [-0.15, -0.1) is 0 Å². The molecule has 0 unspecified atom stereocenters. The van der Waals surface area contributed by atoms with Crippen LogP contribution in [0.3, 0.4) is 0 Å². The standard InChI is InChI=1S/C29H28ClFN6O3/c1-34(2)17-10-35(11-17)27-32-25-21(26(33-27)36-12-29(13-36)14-37(15-29)28(39)40)9-22(30)23(24(25)31)20-8-18(38)7-16-5-3-4-6-19(16)20/h3-9,17,38H,10-15H2,1-2H3,(H,39,40). The van der Waals surface area contributed by atoms with E-state index in [9.17, 15) is 15.0 Å². The van der Waals surface area contributed by atoms with Crippen LogP contribution >= 0.6 is 11.6 Å². The molecular weight excluding hydrogens is 535 g/mol. The molecule has 11 heteroatoms. The van der Waals surface area contributed by atoms with Crippen molar-refractivity contribution in [2.45, 2.75) is 6.04 Å². The maximum atomic E-state index is 16.6. The fourth-order valence-corrected chi connectivity index (χ4v) is 6.55. The maximum Gasteiger partial charge on any atom is 0.407 e. The predicted molar refractivity (Wildman–Crippen MR) is 153 cm³/mol. The Morgan fingerprint density at radius 2 is 1.77 bits per heavy atom. The SMILES string of the molecule is CN(C)C1CN(c2nc(N3CC4(CN(C(=O)O)C4)C3)c3cc(Cl)c(-c4cc(O)cc5ccccc45)c(F)c3n2)C1. The number of carbonyl (C=O) groups is 1. The first-order valence-electron chi connectivity index (χ1n) is 13.2. The van der Waals surface area contributed by atoms with E-state index in [4.69, 9.17) is 21.6 Å². The highest BCUT2D eigenvalue weighted by molar-refractivity contribution is 6.35. The Bertz CT molecular complexity index is 1700. The van der Waals surface area contributed by atoms with Crippen LogP contribution in [0.4, 0.5) is 21.0 Å². The van der Waals surface area contributed by atoms with Gasteiger partial charge < -0.3 is 29.8 Å². The Morgan fingerprint density at radius 1 is 1.05 bits per heavy atom. The zero-order chi connectivity index (χ0) is 27.9. The van der Waals surface area contributed by atoms with Crippen LogP contribution in [0.5, 0.6) is 5.75 Å². The third-order valence-corrected chi connectivity index (χ3v) is 8.82. The number of rotatable bonds is 4. The molecule has 3 aliphatic rings. The Hall–Kier alpha value is -3.89. The quantitative estimate of drug-likeness (QED) is 0.375. The summed E-state index contributed by atoms with van der Waals surface area (Å²) in [7, 11) is 4.06. The van der Waals surface area contributed by atoms with Crippen molar-refractivity contribution >= 4 is 51.1 Å². The van der Waals surface area contributed by atoms with Crippen molar-refractivity contribution in [2.24, 2.45) is 5.41 Å². The number of aromatic nitrogens is 2. The van der Waals surface area contributed by atoms with Gasteiger partial charge in [0.25, 0.3) is 0 Å². The lowest BCUT2D eigenvalue weighted by atomic mass is 9.73. The van der Waals surface area contributed by atoms with Gasteiger partial charge in [-0.1, -0.05) is 35.9 Å². The highest BCUT2D eigenvalue weighted by Gasteiger charge is 2.54. The molecule has 7 rings (SSSR count). The largest absolute Gasteiger partial charge is 0.508 e. The molecule has 1 spiro atoms. The van der Waals surface area contributed by atoms with E-state index in [2.05, 4.69) is 9.80 Å². The summed E-state index contributed by atoms with van der Waals surface area (Å²) in [6.45, 7) is 3.68. The second-order valence-electron chi connectivity index (χ2n) is 11.5. The number of phenolic OH excluding ortho intramolecular Hbond substituents is 1. The van der Waals surface area contributed by atoms with Crippen molar-refractivity contribution in [3.8, 4) is 16.9 Å². The molecule has 1 amide bonds. The third kappa shape index (κ3) is 3.81. The van der Waals surface area contributed by atoms with E-state index in [1.807, 2.05) is 43.3 Å². The van der Waals surface area contributed by atoms with Gasteiger partial charge in [-0.25, -0.2) is 14.2 Å². The van der Waals surface area contributed by atoms with E-state index in [1.54, 1.807) is 12.1 Å². The van der Waals surface area contributed by atoms with Crippen molar-refractivity contribution in [3.63, 3.8) is 0 Å². The molecule has 3 fully saturated rings. The van der Waals surface area contributed by atoms with Crippen LogP contribution in [0, 0.1) is 11.2 Å². The fraction of sp³-hybridized carbons (Fsp3) is 0.345. The van der Waals surface area contributed by atoms with Crippen LogP contribution in [0.2, 0.25) is 5.02 Å². The second-order valence-corrected chi connectivity index (χ2v) is 11.9. The van der Waals surface area contributed by atoms with E-state index in [-0.39, 0.29) is 27.3 Å². The summed E-state index contributed by atoms with van der Waals surface area (Å²) in [4.78, 5) is 28.6. The molecule has 0 atom stereocenters. The minimum atomic E-state index is -0.909. The number of halogens is 2. The first-order chi connectivity index (χ1) is 19.1. The molecular formula is C29H28ClFN6O3. The molecule has 0 saturated carbocycles. The van der Waals surface area contributed by atoms with Crippen molar-refractivity contribution in [2.75, 3.05) is 63.2 Å². The Morgan fingerprint density at radius 3 is 2.48 bits per heavy atom. The van der Waals surface area contributed by atoms with E-state index in [0.29, 0.717) is 54.9 Å². The summed E-state index contributed by atoms with van der Waals surface area (Å²) in [6.07, 6.45) is -0.909. The number of fused-ring (bicyclic) bond motifs is 2.